The number of ether oxygens (including phenoxy) is 2. The van der Waals surface area contributed by atoms with Gasteiger partial charge in [-0.05, 0) is 81.5 Å². The van der Waals surface area contributed by atoms with Crippen molar-refractivity contribution in [1.29, 1.82) is 0 Å². The lowest BCUT2D eigenvalue weighted by atomic mass is 9.83. The second kappa shape index (κ2) is 30.4. The first kappa shape index (κ1) is 62.9. The summed E-state index contributed by atoms with van der Waals surface area (Å²) < 4.78 is 12.1. The van der Waals surface area contributed by atoms with Crippen LogP contribution in [-0.2, 0) is 59.0 Å². The molecule has 2 aliphatic rings. The number of aromatic nitrogens is 1. The average Bonchev–Trinajstić information content (AvgIpc) is 4.12. The van der Waals surface area contributed by atoms with Crippen molar-refractivity contribution in [3.63, 3.8) is 0 Å². The maximum atomic E-state index is 14.7. The van der Waals surface area contributed by atoms with E-state index in [-0.39, 0.29) is 103 Å². The monoisotopic (exact) mass is 1060 g/mol. The van der Waals surface area contributed by atoms with Crippen LogP contribution in [0.1, 0.15) is 131 Å². The van der Waals surface area contributed by atoms with Gasteiger partial charge in [-0.15, -0.1) is 0 Å². The number of hydrogen-bond donors (Lipinski definition) is 3. The number of carbonyl (C=O) groups is 9. The number of para-hydroxylation sites is 1. The van der Waals surface area contributed by atoms with Crippen molar-refractivity contribution in [3.05, 3.63) is 48.2 Å². The van der Waals surface area contributed by atoms with Crippen LogP contribution in [0.25, 0.3) is 10.9 Å². The third-order valence-corrected chi connectivity index (χ3v) is 16.0. The summed E-state index contributed by atoms with van der Waals surface area (Å²) in [4.78, 5) is 129. The van der Waals surface area contributed by atoms with Crippen molar-refractivity contribution in [3.8, 4) is 0 Å². The molecule has 4 rings (SSSR count). The maximum Gasteiger partial charge on any atom is 0.253 e. The van der Waals surface area contributed by atoms with Gasteiger partial charge in [0.05, 0.1) is 43.3 Å². The summed E-state index contributed by atoms with van der Waals surface area (Å²) >= 11 is 0. The number of nitrogens with two attached hydrogens (primary N) is 1. The fraction of sp³-hybridized carbons (Fsp3) is 0.672. The number of rotatable bonds is 35. The number of nitrogens with one attached hydrogen (secondary N) is 2. The number of benzene rings is 1. The predicted molar refractivity (Wildman–Crippen MR) is 291 cm³/mol. The lowest BCUT2D eigenvalue weighted by Gasteiger charge is -2.41. The Balaban J connectivity index is 1.33. The number of primary amides is 1. The Bertz CT molecular complexity index is 2330. The van der Waals surface area contributed by atoms with Crippen LogP contribution in [-0.4, -0.2) is 162 Å². The first-order valence-electron chi connectivity index (χ1n) is 27.6. The third-order valence-electron chi connectivity index (χ3n) is 16.0. The molecule has 9 atom stereocenters. The van der Waals surface area contributed by atoms with E-state index in [2.05, 4.69) is 10.3 Å². The minimum atomic E-state index is -0.730. The van der Waals surface area contributed by atoms with E-state index in [1.54, 1.807) is 30.9 Å². The van der Waals surface area contributed by atoms with Gasteiger partial charge in [0.2, 0.25) is 23.6 Å². The van der Waals surface area contributed by atoms with Crippen LogP contribution < -0.4 is 11.1 Å². The zero-order chi connectivity index (χ0) is 56.4. The number of Topliss-reactive ketones (excluding diaryl/α,β-unsaturated/α-hetero) is 3. The van der Waals surface area contributed by atoms with E-state index in [0.717, 1.165) is 16.5 Å². The van der Waals surface area contributed by atoms with Crippen LogP contribution in [0.3, 0.4) is 0 Å². The first-order chi connectivity index (χ1) is 36.1. The van der Waals surface area contributed by atoms with Crippen molar-refractivity contribution in [1.82, 2.24) is 29.9 Å². The number of amides is 6. The molecule has 18 heteroatoms. The Morgan fingerprint density at radius 1 is 0.842 bits per heavy atom. The molecule has 1 aromatic carbocycles. The molecule has 1 fully saturated rings. The van der Waals surface area contributed by atoms with Crippen LogP contribution in [0, 0.1) is 35.5 Å². The lowest BCUT2D eigenvalue weighted by molar-refractivity contribution is -0.149. The number of aromatic amines is 1. The zero-order valence-electron chi connectivity index (χ0n) is 47.3. The van der Waals surface area contributed by atoms with E-state index in [9.17, 15) is 43.2 Å². The average molecular weight is 1060 g/mol. The van der Waals surface area contributed by atoms with Crippen LogP contribution in [0.4, 0.5) is 0 Å². The summed E-state index contributed by atoms with van der Waals surface area (Å²) in [5, 5.41) is 3.65. The SMILES string of the molecule is CC[C@H](C)[C@@H]([C@@H](CC(=O)N1CCC[C@H]1[C@H](OC)[C@@H](C)C(=O)C[C@@H](Cc1c[nH]c2ccccc12)C(N)=O)OC)N(C)C(=O)[C@@H](CC(=O)[C@H](C(C)C)N(C)CCCC(=O)CNC(=O)CCCCCN1C(=O)C=CC1=O)C(C)C. The van der Waals surface area contributed by atoms with Crippen molar-refractivity contribution < 1.29 is 52.6 Å². The number of likely N-dealkylation sites (tertiary alicyclic amines) is 1. The highest BCUT2D eigenvalue weighted by Crippen LogP contribution is 2.32. The summed E-state index contributed by atoms with van der Waals surface area (Å²) in [6, 6.07) is 6.32. The molecule has 0 spiro atoms. The van der Waals surface area contributed by atoms with Crippen molar-refractivity contribution in [2.24, 2.45) is 41.2 Å². The molecular weight excluding hydrogens is 971 g/mol. The van der Waals surface area contributed by atoms with Gasteiger partial charge in [0, 0.05) is 107 Å². The van der Waals surface area contributed by atoms with Crippen LogP contribution in [0.5, 0.6) is 0 Å². The maximum absolute atomic E-state index is 14.7. The van der Waals surface area contributed by atoms with E-state index >= 15 is 0 Å². The van der Waals surface area contributed by atoms with Crippen LogP contribution in [0.2, 0.25) is 0 Å². The largest absolute Gasteiger partial charge is 0.379 e. The molecule has 1 saturated heterocycles. The summed E-state index contributed by atoms with van der Waals surface area (Å²) in [7, 11) is 6.66. The summed E-state index contributed by atoms with van der Waals surface area (Å²) in [6.45, 7) is 14.8. The quantitative estimate of drug-likeness (QED) is 0.0546. The van der Waals surface area contributed by atoms with E-state index in [1.165, 1.54) is 24.2 Å². The normalized spacial score (nSPS) is 18.0. The molecular formula is C58H89N7O11. The molecule has 422 valence electrons. The highest BCUT2D eigenvalue weighted by Gasteiger charge is 2.44. The smallest absolute Gasteiger partial charge is 0.253 e. The van der Waals surface area contributed by atoms with E-state index in [0.29, 0.717) is 71.0 Å². The topological polar surface area (TPSA) is 239 Å². The van der Waals surface area contributed by atoms with Gasteiger partial charge in [0.15, 0.2) is 11.6 Å². The number of fused-ring (bicyclic) bond motifs is 1. The molecule has 0 aliphatic carbocycles. The van der Waals surface area contributed by atoms with Gasteiger partial charge in [0.25, 0.3) is 11.8 Å². The predicted octanol–water partition coefficient (Wildman–Crippen LogP) is 5.83. The first-order valence-corrected chi connectivity index (χ1v) is 27.6. The van der Waals surface area contributed by atoms with Gasteiger partial charge in [-0.1, -0.05) is 79.5 Å². The molecule has 0 saturated carbocycles. The van der Waals surface area contributed by atoms with Gasteiger partial charge in [-0.3, -0.25) is 53.0 Å². The Morgan fingerprint density at radius 3 is 2.14 bits per heavy atom. The molecule has 4 N–H and O–H groups in total. The number of H-pyrrole nitrogens is 1. The minimum Gasteiger partial charge on any atom is -0.379 e. The number of carbonyl (C=O) groups excluding carboxylic acids is 9. The van der Waals surface area contributed by atoms with E-state index in [4.69, 9.17) is 15.2 Å². The summed E-state index contributed by atoms with van der Waals surface area (Å²) in [5.74, 6) is -4.62. The summed E-state index contributed by atoms with van der Waals surface area (Å²) in [6.07, 6.45) is 7.95. The van der Waals surface area contributed by atoms with Crippen molar-refractivity contribution in [2.75, 3.05) is 54.5 Å². The second-order valence-electron chi connectivity index (χ2n) is 22.0. The van der Waals surface area contributed by atoms with Gasteiger partial charge in [-0.2, -0.15) is 0 Å². The Kier molecular flexibility index (Phi) is 25.2. The highest BCUT2D eigenvalue weighted by atomic mass is 16.5. The highest BCUT2D eigenvalue weighted by molar-refractivity contribution is 6.12. The Hall–Kier alpha value is -5.59. The molecule has 2 aliphatic heterocycles. The number of imide groups is 1. The molecule has 2 aromatic rings. The molecule has 3 heterocycles. The minimum absolute atomic E-state index is 0.00247. The molecule has 0 bridgehead atoms. The Labute approximate surface area is 450 Å². The zero-order valence-corrected chi connectivity index (χ0v) is 47.3. The molecule has 0 unspecified atom stereocenters. The van der Waals surface area contributed by atoms with Crippen LogP contribution >= 0.6 is 0 Å². The van der Waals surface area contributed by atoms with Gasteiger partial charge in [0.1, 0.15) is 5.78 Å². The van der Waals surface area contributed by atoms with Crippen molar-refractivity contribution in [2.45, 2.75) is 162 Å². The standard InChI is InChI=1S/C58H89N7O11/c1-12-38(6)55(49(75-10)33-53(72)64-29-19-23-46(64)56(76-11)39(7)47(67)31-40(57(59)73)30-41-34-60-45-22-16-15-21-43(41)45)63(9)58(74)44(36(2)3)32-48(68)54(37(4)5)62(8)27-18-20-42(66)35-61-50(69)24-14-13-17-28-65-51(70)25-26-52(65)71/h15-16,21-22,25-26,34,36-40,44,46,49,54-56,60H,12-14,17-20,23-24,27-33,35H2,1-11H3,(H2,59,73)(H,61,69)/t38-,39-,40+,44-,46-,49+,54-,55-,56+/m0/s1. The Morgan fingerprint density at radius 2 is 1.53 bits per heavy atom. The van der Waals surface area contributed by atoms with E-state index in [1.807, 2.05) is 84.0 Å². The molecule has 6 amide bonds. The van der Waals surface area contributed by atoms with Gasteiger partial charge >= 0.3 is 0 Å². The number of unbranched alkanes of at least 4 members (excludes halogenated alkanes) is 2. The third kappa shape index (κ3) is 17.2. The fourth-order valence-electron chi connectivity index (χ4n) is 11.4. The molecule has 76 heavy (non-hydrogen) atoms. The van der Waals surface area contributed by atoms with Gasteiger partial charge in [-0.25, -0.2) is 0 Å². The molecule has 0 radical (unpaired) electrons. The lowest BCUT2D eigenvalue weighted by Crippen LogP contribution is -2.54. The second-order valence-corrected chi connectivity index (χ2v) is 22.0. The fourth-order valence-corrected chi connectivity index (χ4v) is 11.4. The van der Waals surface area contributed by atoms with Crippen molar-refractivity contribution >= 4 is 63.7 Å². The van der Waals surface area contributed by atoms with Gasteiger partial charge < -0.3 is 35.3 Å². The molecule has 1 aromatic heterocycles. The summed E-state index contributed by atoms with van der Waals surface area (Å²) in [5.41, 5.74) is 7.71. The van der Waals surface area contributed by atoms with E-state index < -0.39 is 54.0 Å². The number of ketones is 3. The number of likely N-dealkylation sites (N-methyl/N-ethyl adjacent to an activating group) is 2. The number of hydrogen-bond acceptors (Lipinski definition) is 12. The number of nitrogens with zero attached hydrogens (tertiary/aromatic N) is 4. The van der Waals surface area contributed by atoms with Crippen LogP contribution in [0.15, 0.2) is 42.6 Å². The number of methoxy groups -OCH3 is 2. The molecule has 18 nitrogen and oxygen atoms in total.